The minimum absolute atomic E-state index is 0.264. The van der Waals surface area contributed by atoms with Crippen LogP contribution in [0, 0.1) is 0 Å². The van der Waals surface area contributed by atoms with Gasteiger partial charge in [-0.15, -0.1) is 11.3 Å². The van der Waals surface area contributed by atoms with E-state index in [0.717, 1.165) is 26.9 Å². The lowest BCUT2D eigenvalue weighted by atomic mass is 10.2. The van der Waals surface area contributed by atoms with E-state index < -0.39 is 5.60 Å². The Balaban J connectivity index is 1.38. The number of nitrogen functional groups attached to an aromatic ring is 1. The molecule has 4 aromatic rings. The molecule has 5 rings (SSSR count). The molecular weight excluding hydrogens is 440 g/mol. The Morgan fingerprint density at radius 2 is 1.91 bits per heavy atom. The first-order valence-corrected chi connectivity index (χ1v) is 11.7. The van der Waals surface area contributed by atoms with Crippen molar-refractivity contribution >= 4 is 50.1 Å². The molecule has 33 heavy (non-hydrogen) atoms. The Labute approximate surface area is 194 Å². The van der Waals surface area contributed by atoms with E-state index in [0.29, 0.717) is 43.3 Å². The van der Waals surface area contributed by atoms with Gasteiger partial charge in [-0.2, -0.15) is 0 Å². The van der Waals surface area contributed by atoms with Crippen LogP contribution in [-0.2, 0) is 4.74 Å². The van der Waals surface area contributed by atoms with Gasteiger partial charge in [0.05, 0.1) is 16.7 Å². The van der Waals surface area contributed by atoms with Crippen molar-refractivity contribution < 1.29 is 9.53 Å². The molecule has 0 unspecified atom stereocenters. The molecule has 0 bridgehead atoms. The fraction of sp³-hybridized carbons (Fsp3) is 0.348. The van der Waals surface area contributed by atoms with Gasteiger partial charge in [0.2, 0.25) is 0 Å². The maximum Gasteiger partial charge on any atom is 0.410 e. The van der Waals surface area contributed by atoms with Gasteiger partial charge in [-0.1, -0.05) is 0 Å². The Morgan fingerprint density at radius 3 is 2.64 bits per heavy atom. The van der Waals surface area contributed by atoms with Crippen LogP contribution in [0.1, 0.15) is 20.8 Å². The monoisotopic (exact) mass is 466 g/mol. The molecule has 1 aliphatic rings. The van der Waals surface area contributed by atoms with Crippen molar-refractivity contribution in [2.24, 2.45) is 0 Å². The van der Waals surface area contributed by atoms with Gasteiger partial charge in [0.25, 0.3) is 5.56 Å². The summed E-state index contributed by atoms with van der Waals surface area (Å²) in [5.74, 6) is 0.448. The number of benzene rings is 1. The van der Waals surface area contributed by atoms with Gasteiger partial charge in [-0.25, -0.2) is 9.78 Å². The van der Waals surface area contributed by atoms with E-state index >= 15 is 0 Å². The number of aromatic nitrogens is 3. The van der Waals surface area contributed by atoms with Gasteiger partial charge < -0.3 is 30.2 Å². The summed E-state index contributed by atoms with van der Waals surface area (Å²) >= 11 is 1.44. The summed E-state index contributed by atoms with van der Waals surface area (Å²) in [4.78, 5) is 40.5. The molecular formula is C23H26N6O3S. The van der Waals surface area contributed by atoms with E-state index in [9.17, 15) is 9.59 Å². The van der Waals surface area contributed by atoms with Gasteiger partial charge in [-0.3, -0.25) is 4.79 Å². The molecule has 1 aromatic carbocycles. The second kappa shape index (κ2) is 7.80. The molecule has 4 heterocycles. The molecule has 0 saturated carbocycles. The number of piperazine rings is 1. The number of aromatic amines is 2. The first-order valence-electron chi connectivity index (χ1n) is 10.8. The third-order valence-electron chi connectivity index (χ3n) is 5.68. The number of amides is 1. The van der Waals surface area contributed by atoms with E-state index in [1.807, 2.05) is 50.4 Å². The zero-order valence-corrected chi connectivity index (χ0v) is 19.6. The Kier molecular flexibility index (Phi) is 5.04. The number of pyridine rings is 1. The molecule has 0 atom stereocenters. The number of H-pyrrole nitrogens is 2. The molecule has 1 amide bonds. The average molecular weight is 467 g/mol. The highest BCUT2D eigenvalue weighted by Gasteiger charge is 2.26. The van der Waals surface area contributed by atoms with Crippen molar-refractivity contribution in [1.29, 1.82) is 0 Å². The third-order valence-corrected chi connectivity index (χ3v) is 6.51. The Hall–Kier alpha value is -3.53. The van der Waals surface area contributed by atoms with Crippen LogP contribution in [0.25, 0.3) is 32.6 Å². The zero-order valence-electron chi connectivity index (χ0n) is 18.8. The topological polar surface area (TPSA) is 120 Å². The zero-order chi connectivity index (χ0) is 23.3. The van der Waals surface area contributed by atoms with Crippen LogP contribution in [-0.4, -0.2) is 57.7 Å². The predicted molar refractivity (Wildman–Crippen MR) is 132 cm³/mol. The lowest BCUT2D eigenvalue weighted by Crippen LogP contribution is -2.50. The number of carbonyl (C=O) groups excluding carboxylic acids is 1. The number of hydrogen-bond acceptors (Lipinski definition) is 7. The second-order valence-electron chi connectivity index (χ2n) is 9.15. The molecule has 0 radical (unpaired) electrons. The van der Waals surface area contributed by atoms with E-state index in [2.05, 4.69) is 19.9 Å². The molecule has 4 N–H and O–H groups in total. The minimum Gasteiger partial charge on any atom is -0.444 e. The fourth-order valence-electron chi connectivity index (χ4n) is 4.06. The molecule has 10 heteroatoms. The lowest BCUT2D eigenvalue weighted by molar-refractivity contribution is 0.0240. The number of rotatable bonds is 2. The SMILES string of the molecule is CC(C)(C)OC(=O)N1CCN(c2ccc3nc(-c4c(N)c5ccsc5[nH]c4=O)[nH]c3c2)CC1. The molecule has 1 saturated heterocycles. The van der Waals surface area contributed by atoms with Gasteiger partial charge >= 0.3 is 6.09 Å². The number of ether oxygens (including phenoxy) is 1. The summed E-state index contributed by atoms with van der Waals surface area (Å²) in [5.41, 5.74) is 8.92. The standard InChI is InChI=1S/C23H26N6O3S/c1-23(2,3)32-22(31)29-9-7-28(8-10-29)13-4-5-15-16(12-13)26-19(25-15)17-18(24)14-6-11-33-21(14)27-20(17)30/h4-6,11-12H,7-10H2,1-3H3,(H,25,26)(H3,24,27,30). The number of anilines is 2. The van der Waals surface area contributed by atoms with E-state index in [1.165, 1.54) is 11.3 Å². The second-order valence-corrected chi connectivity index (χ2v) is 10.1. The lowest BCUT2D eigenvalue weighted by Gasteiger charge is -2.36. The molecule has 1 aliphatic heterocycles. The maximum atomic E-state index is 12.7. The van der Waals surface area contributed by atoms with Crippen LogP contribution < -0.4 is 16.2 Å². The van der Waals surface area contributed by atoms with Crippen LogP contribution in [0.15, 0.2) is 34.4 Å². The summed E-state index contributed by atoms with van der Waals surface area (Å²) in [6.45, 7) is 8.20. The van der Waals surface area contributed by atoms with Crippen molar-refractivity contribution in [2.45, 2.75) is 26.4 Å². The summed E-state index contributed by atoms with van der Waals surface area (Å²) in [7, 11) is 0. The highest BCUT2D eigenvalue weighted by atomic mass is 32.1. The number of hydrogen-bond donors (Lipinski definition) is 3. The number of carbonyl (C=O) groups is 1. The average Bonchev–Trinajstić information content (AvgIpc) is 3.39. The maximum absolute atomic E-state index is 12.7. The Bertz CT molecular complexity index is 1410. The largest absolute Gasteiger partial charge is 0.444 e. The van der Waals surface area contributed by atoms with Gasteiger partial charge in [-0.05, 0) is 50.4 Å². The quantitative estimate of drug-likeness (QED) is 0.414. The summed E-state index contributed by atoms with van der Waals surface area (Å²) in [6, 6.07) is 7.85. The van der Waals surface area contributed by atoms with E-state index in [-0.39, 0.29) is 11.7 Å². The molecule has 9 nitrogen and oxygen atoms in total. The molecule has 0 spiro atoms. The number of nitrogens with one attached hydrogen (secondary N) is 2. The fourth-order valence-corrected chi connectivity index (χ4v) is 4.86. The molecule has 172 valence electrons. The van der Waals surface area contributed by atoms with Crippen LogP contribution >= 0.6 is 11.3 Å². The van der Waals surface area contributed by atoms with E-state index in [4.69, 9.17) is 10.5 Å². The van der Waals surface area contributed by atoms with Crippen molar-refractivity contribution in [3.8, 4) is 11.4 Å². The number of imidazole rings is 1. The number of nitrogens with zero attached hydrogens (tertiary/aromatic N) is 3. The third kappa shape index (κ3) is 4.02. The highest BCUT2D eigenvalue weighted by molar-refractivity contribution is 7.16. The molecule has 1 fully saturated rings. The van der Waals surface area contributed by atoms with Crippen LogP contribution in [0.5, 0.6) is 0 Å². The Morgan fingerprint density at radius 1 is 1.15 bits per heavy atom. The molecule has 0 aliphatic carbocycles. The number of nitrogens with two attached hydrogens (primary N) is 1. The van der Waals surface area contributed by atoms with Crippen molar-refractivity contribution in [2.75, 3.05) is 36.8 Å². The van der Waals surface area contributed by atoms with Gasteiger partial charge in [0.1, 0.15) is 21.8 Å². The highest BCUT2D eigenvalue weighted by Crippen LogP contribution is 2.31. The summed E-state index contributed by atoms with van der Waals surface area (Å²) in [5, 5.41) is 2.72. The first kappa shape index (κ1) is 21.3. The van der Waals surface area contributed by atoms with Crippen LogP contribution in [0.2, 0.25) is 0 Å². The van der Waals surface area contributed by atoms with Crippen molar-refractivity contribution in [3.05, 3.63) is 40.0 Å². The van der Waals surface area contributed by atoms with Crippen molar-refractivity contribution in [3.63, 3.8) is 0 Å². The first-order chi connectivity index (χ1) is 15.7. The smallest absolute Gasteiger partial charge is 0.410 e. The van der Waals surface area contributed by atoms with Crippen molar-refractivity contribution in [1.82, 2.24) is 19.9 Å². The van der Waals surface area contributed by atoms with E-state index in [1.54, 1.807) is 4.90 Å². The normalized spacial score (nSPS) is 14.9. The summed E-state index contributed by atoms with van der Waals surface area (Å²) < 4.78 is 5.48. The van der Waals surface area contributed by atoms with Gasteiger partial charge in [0.15, 0.2) is 0 Å². The number of fused-ring (bicyclic) bond motifs is 2. The summed E-state index contributed by atoms with van der Waals surface area (Å²) in [6.07, 6.45) is -0.277. The molecule has 3 aromatic heterocycles. The van der Waals surface area contributed by atoms with Crippen LogP contribution in [0.3, 0.4) is 0 Å². The predicted octanol–water partition coefficient (Wildman–Crippen LogP) is 3.77. The number of thiophene rings is 1. The van der Waals surface area contributed by atoms with Crippen LogP contribution in [0.4, 0.5) is 16.2 Å². The minimum atomic E-state index is -0.503. The van der Waals surface area contributed by atoms with Gasteiger partial charge in [0, 0.05) is 37.3 Å².